The van der Waals surface area contributed by atoms with Crippen molar-refractivity contribution in [2.45, 2.75) is 12.6 Å². The highest BCUT2D eigenvalue weighted by molar-refractivity contribution is 5.81. The first-order valence-electron chi connectivity index (χ1n) is 8.65. The number of ether oxygens (including phenoxy) is 1. The largest absolute Gasteiger partial charge is 0.477 e. The quantitative estimate of drug-likeness (QED) is 0.787. The van der Waals surface area contributed by atoms with Gasteiger partial charge in [0.1, 0.15) is 5.75 Å². The van der Waals surface area contributed by atoms with Crippen LogP contribution in [0.3, 0.4) is 0 Å². The zero-order valence-corrected chi connectivity index (χ0v) is 14.3. The Kier molecular flexibility index (Phi) is 4.32. The molecule has 0 saturated heterocycles. The number of primary amides is 1. The van der Waals surface area contributed by atoms with E-state index in [1.54, 1.807) is 0 Å². The van der Waals surface area contributed by atoms with Crippen LogP contribution in [0.25, 0.3) is 11.1 Å². The Balaban J connectivity index is 1.57. The third-order valence-corrected chi connectivity index (χ3v) is 4.61. The zero-order chi connectivity index (χ0) is 17.9. The maximum atomic E-state index is 11.6. The van der Waals surface area contributed by atoms with Crippen molar-refractivity contribution in [2.75, 3.05) is 11.4 Å². The van der Waals surface area contributed by atoms with Gasteiger partial charge in [-0.05, 0) is 28.8 Å². The van der Waals surface area contributed by atoms with Gasteiger partial charge < -0.3 is 15.4 Å². The second-order valence-electron chi connectivity index (χ2n) is 6.42. The Morgan fingerprint density at radius 1 is 0.923 bits per heavy atom. The first-order chi connectivity index (χ1) is 12.7. The van der Waals surface area contributed by atoms with Gasteiger partial charge in [0.05, 0.1) is 12.2 Å². The molecule has 0 aliphatic carbocycles. The highest BCUT2D eigenvalue weighted by Gasteiger charge is 2.29. The predicted octanol–water partition coefficient (Wildman–Crippen LogP) is 3.61. The molecule has 4 nitrogen and oxygen atoms in total. The van der Waals surface area contributed by atoms with Gasteiger partial charge in [0, 0.05) is 6.54 Å². The molecular weight excluding hydrogens is 324 g/mol. The van der Waals surface area contributed by atoms with Gasteiger partial charge in [0.15, 0.2) is 6.10 Å². The number of nitrogens with two attached hydrogens (primary N) is 1. The van der Waals surface area contributed by atoms with E-state index in [1.807, 2.05) is 42.5 Å². The number of nitrogens with zero attached hydrogens (tertiary/aromatic N) is 1. The SMILES string of the molecule is NC(=O)C1CN(Cc2ccc(-c3ccccc3)cc2)c2ccccc2O1. The van der Waals surface area contributed by atoms with Crippen LogP contribution < -0.4 is 15.4 Å². The van der Waals surface area contributed by atoms with Crippen molar-refractivity contribution in [2.24, 2.45) is 5.73 Å². The highest BCUT2D eigenvalue weighted by Crippen LogP contribution is 2.34. The number of carbonyl (C=O) groups excluding carboxylic acids is 1. The molecule has 0 bridgehead atoms. The Hall–Kier alpha value is -3.27. The number of amides is 1. The first kappa shape index (κ1) is 16.2. The van der Waals surface area contributed by atoms with Crippen LogP contribution in [0.15, 0.2) is 78.9 Å². The lowest BCUT2D eigenvalue weighted by atomic mass is 10.0. The molecule has 4 rings (SSSR count). The monoisotopic (exact) mass is 344 g/mol. The molecular formula is C22H20N2O2. The summed E-state index contributed by atoms with van der Waals surface area (Å²) < 4.78 is 5.72. The van der Waals surface area contributed by atoms with Crippen LogP contribution in [0.1, 0.15) is 5.56 Å². The van der Waals surface area contributed by atoms with Crippen molar-refractivity contribution in [3.63, 3.8) is 0 Å². The molecule has 4 heteroatoms. The third-order valence-electron chi connectivity index (χ3n) is 4.61. The van der Waals surface area contributed by atoms with Crippen LogP contribution in [-0.2, 0) is 11.3 Å². The molecule has 1 amide bonds. The van der Waals surface area contributed by atoms with E-state index in [1.165, 1.54) is 16.7 Å². The lowest BCUT2D eigenvalue weighted by molar-refractivity contribution is -0.124. The van der Waals surface area contributed by atoms with Crippen LogP contribution in [-0.4, -0.2) is 18.6 Å². The molecule has 0 saturated carbocycles. The number of benzene rings is 3. The van der Waals surface area contributed by atoms with Crippen molar-refractivity contribution in [1.29, 1.82) is 0 Å². The van der Waals surface area contributed by atoms with Crippen LogP contribution in [0.2, 0.25) is 0 Å². The van der Waals surface area contributed by atoms with E-state index in [0.29, 0.717) is 18.8 Å². The maximum Gasteiger partial charge on any atom is 0.260 e. The Bertz CT molecular complexity index is 907. The van der Waals surface area contributed by atoms with E-state index in [0.717, 1.165) is 5.69 Å². The summed E-state index contributed by atoms with van der Waals surface area (Å²) >= 11 is 0. The number of hydrogen-bond donors (Lipinski definition) is 1. The van der Waals surface area contributed by atoms with Crippen LogP contribution in [0.4, 0.5) is 5.69 Å². The minimum absolute atomic E-state index is 0.441. The number of carbonyl (C=O) groups is 1. The van der Waals surface area contributed by atoms with Crippen molar-refractivity contribution in [3.8, 4) is 16.9 Å². The number of hydrogen-bond acceptors (Lipinski definition) is 3. The van der Waals surface area contributed by atoms with Gasteiger partial charge in [-0.25, -0.2) is 0 Å². The second-order valence-corrected chi connectivity index (χ2v) is 6.42. The van der Waals surface area contributed by atoms with Crippen LogP contribution >= 0.6 is 0 Å². The average Bonchev–Trinajstić information content (AvgIpc) is 2.69. The first-order valence-corrected chi connectivity index (χ1v) is 8.65. The summed E-state index contributed by atoms with van der Waals surface area (Å²) in [6, 6.07) is 26.5. The lowest BCUT2D eigenvalue weighted by Crippen LogP contribution is -2.46. The molecule has 1 aliphatic rings. The van der Waals surface area contributed by atoms with E-state index >= 15 is 0 Å². The number of anilines is 1. The fourth-order valence-corrected chi connectivity index (χ4v) is 3.26. The normalized spacial score (nSPS) is 15.8. The summed E-state index contributed by atoms with van der Waals surface area (Å²) in [6.07, 6.45) is -0.631. The molecule has 1 atom stereocenters. The van der Waals surface area contributed by atoms with Gasteiger partial charge in [-0.2, -0.15) is 0 Å². The molecule has 0 spiro atoms. The van der Waals surface area contributed by atoms with Gasteiger partial charge in [-0.15, -0.1) is 0 Å². The molecule has 1 heterocycles. The third kappa shape index (κ3) is 3.26. The molecule has 26 heavy (non-hydrogen) atoms. The Morgan fingerprint density at radius 2 is 1.58 bits per heavy atom. The van der Waals surface area contributed by atoms with Gasteiger partial charge in [-0.3, -0.25) is 4.79 Å². The average molecular weight is 344 g/mol. The predicted molar refractivity (Wildman–Crippen MR) is 103 cm³/mol. The number of fused-ring (bicyclic) bond motifs is 1. The van der Waals surface area contributed by atoms with Crippen LogP contribution in [0.5, 0.6) is 5.75 Å². The highest BCUT2D eigenvalue weighted by atomic mass is 16.5. The summed E-state index contributed by atoms with van der Waals surface area (Å²) in [4.78, 5) is 13.8. The van der Waals surface area contributed by atoms with E-state index < -0.39 is 12.0 Å². The summed E-state index contributed by atoms with van der Waals surface area (Å²) in [5.41, 5.74) is 10.0. The van der Waals surface area contributed by atoms with Crippen molar-refractivity contribution in [1.82, 2.24) is 0 Å². The second kappa shape index (κ2) is 6.92. The van der Waals surface area contributed by atoms with Gasteiger partial charge >= 0.3 is 0 Å². The molecule has 130 valence electrons. The standard InChI is InChI=1S/C22H20N2O2/c23-22(25)21-15-24(19-8-4-5-9-20(19)26-21)14-16-10-12-18(13-11-16)17-6-2-1-3-7-17/h1-13,21H,14-15H2,(H2,23,25). The fraction of sp³-hybridized carbons (Fsp3) is 0.136. The number of rotatable bonds is 4. The summed E-state index contributed by atoms with van der Waals surface area (Å²) in [5, 5.41) is 0. The van der Waals surface area contributed by atoms with Crippen molar-refractivity contribution < 1.29 is 9.53 Å². The maximum absolute atomic E-state index is 11.6. The molecule has 0 radical (unpaired) electrons. The molecule has 3 aromatic carbocycles. The fourth-order valence-electron chi connectivity index (χ4n) is 3.26. The summed E-state index contributed by atoms with van der Waals surface area (Å²) in [6.45, 7) is 1.14. The molecule has 3 aromatic rings. The van der Waals surface area contributed by atoms with Gasteiger partial charge in [-0.1, -0.05) is 66.7 Å². The Labute approximate surface area is 152 Å². The molecule has 0 fully saturated rings. The molecule has 2 N–H and O–H groups in total. The number of para-hydroxylation sites is 2. The van der Waals surface area contributed by atoms with Gasteiger partial charge in [0.2, 0.25) is 0 Å². The lowest BCUT2D eigenvalue weighted by Gasteiger charge is -2.35. The smallest absolute Gasteiger partial charge is 0.260 e. The van der Waals surface area contributed by atoms with Crippen molar-refractivity contribution >= 4 is 11.6 Å². The van der Waals surface area contributed by atoms with E-state index in [2.05, 4.69) is 41.3 Å². The minimum atomic E-state index is -0.631. The van der Waals surface area contributed by atoms with Gasteiger partial charge in [0.25, 0.3) is 5.91 Å². The minimum Gasteiger partial charge on any atom is -0.477 e. The molecule has 1 unspecified atom stereocenters. The zero-order valence-electron chi connectivity index (χ0n) is 14.3. The topological polar surface area (TPSA) is 55.6 Å². The van der Waals surface area contributed by atoms with Crippen LogP contribution in [0, 0.1) is 0 Å². The van der Waals surface area contributed by atoms with Crippen molar-refractivity contribution in [3.05, 3.63) is 84.4 Å². The van der Waals surface area contributed by atoms with E-state index in [9.17, 15) is 4.79 Å². The molecule has 0 aromatic heterocycles. The van der Waals surface area contributed by atoms with E-state index in [4.69, 9.17) is 10.5 Å². The Morgan fingerprint density at radius 3 is 2.31 bits per heavy atom. The molecule has 1 aliphatic heterocycles. The summed E-state index contributed by atoms with van der Waals surface area (Å²) in [5.74, 6) is 0.257. The summed E-state index contributed by atoms with van der Waals surface area (Å²) in [7, 11) is 0. The van der Waals surface area contributed by atoms with E-state index in [-0.39, 0.29) is 0 Å².